The lowest BCUT2D eigenvalue weighted by Gasteiger charge is -2.08. The second kappa shape index (κ2) is 6.05. The molecule has 1 aromatic carbocycles. The van der Waals surface area contributed by atoms with Crippen molar-refractivity contribution in [1.82, 2.24) is 9.55 Å². The average molecular weight is 328 g/mol. The Balaban J connectivity index is 2.01. The van der Waals surface area contributed by atoms with Gasteiger partial charge in [0.05, 0.1) is 11.1 Å². The zero-order valence-corrected chi connectivity index (χ0v) is 14.1. The van der Waals surface area contributed by atoms with Crippen molar-refractivity contribution in [3.8, 4) is 0 Å². The summed E-state index contributed by atoms with van der Waals surface area (Å²) in [7, 11) is 0. The number of hydrogen-bond donors (Lipinski definition) is 1. The molecule has 0 aliphatic heterocycles. The molecule has 0 aliphatic rings. The Morgan fingerprint density at radius 2 is 2.04 bits per heavy atom. The average Bonchev–Trinajstić information content (AvgIpc) is 2.88. The normalized spacial score (nSPS) is 11.2. The minimum Gasteiger partial charge on any atom is -0.344 e. The van der Waals surface area contributed by atoms with Crippen molar-refractivity contribution >= 4 is 34.2 Å². The first-order chi connectivity index (χ1) is 11.0. The standard InChI is InChI=1S/C18H18ClN3O/c1-11(2)22-10-15(14-6-5-13(19)8-16(14)22)18(23)21-17-7-4-12(3)9-20-17/h4-11H,1-3H3,(H,20,21,23). The van der Waals surface area contributed by atoms with Gasteiger partial charge in [-0.3, -0.25) is 4.79 Å². The second-order valence-corrected chi connectivity index (χ2v) is 6.32. The fourth-order valence-electron chi connectivity index (χ4n) is 2.56. The summed E-state index contributed by atoms with van der Waals surface area (Å²) in [5.41, 5.74) is 2.62. The molecule has 23 heavy (non-hydrogen) atoms. The summed E-state index contributed by atoms with van der Waals surface area (Å²) in [6.07, 6.45) is 3.60. The van der Waals surface area contributed by atoms with Crippen LogP contribution in [0.25, 0.3) is 10.9 Å². The van der Waals surface area contributed by atoms with E-state index in [1.165, 1.54) is 0 Å². The number of carbonyl (C=O) groups excluding carboxylic acids is 1. The Kier molecular flexibility index (Phi) is 4.09. The van der Waals surface area contributed by atoms with Gasteiger partial charge in [0.1, 0.15) is 5.82 Å². The lowest BCUT2D eigenvalue weighted by Crippen LogP contribution is -2.12. The van der Waals surface area contributed by atoms with E-state index in [4.69, 9.17) is 11.6 Å². The SMILES string of the molecule is Cc1ccc(NC(=O)c2cn(C(C)C)c3cc(Cl)ccc23)nc1. The predicted octanol–water partition coefficient (Wildman–Crippen LogP) is 4.83. The Hall–Kier alpha value is -2.33. The van der Waals surface area contributed by atoms with Crippen molar-refractivity contribution in [2.24, 2.45) is 0 Å². The van der Waals surface area contributed by atoms with Crippen molar-refractivity contribution in [2.45, 2.75) is 26.8 Å². The van der Waals surface area contributed by atoms with Crippen molar-refractivity contribution in [3.63, 3.8) is 0 Å². The summed E-state index contributed by atoms with van der Waals surface area (Å²) in [6, 6.07) is 9.52. The van der Waals surface area contributed by atoms with E-state index in [0.717, 1.165) is 16.5 Å². The molecule has 0 fully saturated rings. The third-order valence-electron chi connectivity index (χ3n) is 3.75. The lowest BCUT2D eigenvalue weighted by atomic mass is 10.1. The van der Waals surface area contributed by atoms with E-state index >= 15 is 0 Å². The van der Waals surface area contributed by atoms with E-state index in [0.29, 0.717) is 16.4 Å². The zero-order chi connectivity index (χ0) is 16.6. The Bertz CT molecular complexity index is 866. The summed E-state index contributed by atoms with van der Waals surface area (Å²) >= 11 is 6.10. The van der Waals surface area contributed by atoms with E-state index in [1.807, 2.05) is 31.3 Å². The smallest absolute Gasteiger partial charge is 0.258 e. The van der Waals surface area contributed by atoms with E-state index in [2.05, 4.69) is 28.7 Å². The Morgan fingerprint density at radius 1 is 1.26 bits per heavy atom. The van der Waals surface area contributed by atoms with Crippen LogP contribution in [0.4, 0.5) is 5.82 Å². The highest BCUT2D eigenvalue weighted by Crippen LogP contribution is 2.28. The first kappa shape index (κ1) is 15.6. The van der Waals surface area contributed by atoms with Crippen LogP contribution in [0.2, 0.25) is 5.02 Å². The fourth-order valence-corrected chi connectivity index (χ4v) is 2.72. The van der Waals surface area contributed by atoms with Gasteiger partial charge in [-0.2, -0.15) is 0 Å². The minimum atomic E-state index is -0.173. The van der Waals surface area contributed by atoms with Crippen LogP contribution in [0.15, 0.2) is 42.7 Å². The van der Waals surface area contributed by atoms with E-state index in [9.17, 15) is 4.79 Å². The van der Waals surface area contributed by atoms with Crippen molar-refractivity contribution < 1.29 is 4.79 Å². The van der Waals surface area contributed by atoms with Crippen LogP contribution < -0.4 is 5.32 Å². The molecule has 0 saturated carbocycles. The predicted molar refractivity (Wildman–Crippen MR) is 94.3 cm³/mol. The molecule has 2 aromatic heterocycles. The summed E-state index contributed by atoms with van der Waals surface area (Å²) in [5.74, 6) is 0.369. The van der Waals surface area contributed by atoms with Gasteiger partial charge < -0.3 is 9.88 Å². The van der Waals surface area contributed by atoms with Gasteiger partial charge in [-0.15, -0.1) is 0 Å². The number of carbonyl (C=O) groups is 1. The molecule has 0 bridgehead atoms. The van der Waals surface area contributed by atoms with Gasteiger partial charge in [0.15, 0.2) is 0 Å². The van der Waals surface area contributed by atoms with Crippen molar-refractivity contribution in [1.29, 1.82) is 0 Å². The number of halogens is 1. The molecule has 0 saturated heterocycles. The number of fused-ring (bicyclic) bond motifs is 1. The molecule has 0 atom stereocenters. The highest BCUT2D eigenvalue weighted by atomic mass is 35.5. The number of pyridine rings is 1. The van der Waals surface area contributed by atoms with Gasteiger partial charge in [-0.1, -0.05) is 23.7 Å². The van der Waals surface area contributed by atoms with Gasteiger partial charge in [0.2, 0.25) is 0 Å². The van der Waals surface area contributed by atoms with E-state index in [-0.39, 0.29) is 11.9 Å². The van der Waals surface area contributed by atoms with Gasteiger partial charge in [0, 0.05) is 28.8 Å². The first-order valence-corrected chi connectivity index (χ1v) is 7.87. The minimum absolute atomic E-state index is 0.173. The molecule has 1 N–H and O–H groups in total. The zero-order valence-electron chi connectivity index (χ0n) is 13.3. The molecule has 0 aliphatic carbocycles. The topological polar surface area (TPSA) is 46.9 Å². The second-order valence-electron chi connectivity index (χ2n) is 5.88. The molecule has 0 spiro atoms. The molecule has 5 heteroatoms. The monoisotopic (exact) mass is 327 g/mol. The summed E-state index contributed by atoms with van der Waals surface area (Å²) in [6.45, 7) is 6.10. The number of hydrogen-bond acceptors (Lipinski definition) is 2. The van der Waals surface area contributed by atoms with E-state index < -0.39 is 0 Å². The third-order valence-corrected chi connectivity index (χ3v) is 3.99. The van der Waals surface area contributed by atoms with Gasteiger partial charge >= 0.3 is 0 Å². The molecule has 0 unspecified atom stereocenters. The van der Waals surface area contributed by atoms with Crippen molar-refractivity contribution in [2.75, 3.05) is 5.32 Å². The van der Waals surface area contributed by atoms with Gasteiger partial charge in [-0.05, 0) is 44.5 Å². The largest absolute Gasteiger partial charge is 0.344 e. The highest BCUT2D eigenvalue weighted by molar-refractivity contribution is 6.31. The molecule has 1 amide bonds. The number of amides is 1. The maximum absolute atomic E-state index is 12.6. The van der Waals surface area contributed by atoms with Crippen LogP contribution >= 0.6 is 11.6 Å². The van der Waals surface area contributed by atoms with Crippen LogP contribution in [0.5, 0.6) is 0 Å². The fraction of sp³-hybridized carbons (Fsp3) is 0.222. The number of benzene rings is 1. The number of nitrogens with zero attached hydrogens (tertiary/aromatic N) is 2. The number of aryl methyl sites for hydroxylation is 1. The lowest BCUT2D eigenvalue weighted by molar-refractivity contribution is 0.102. The molecule has 0 radical (unpaired) electrons. The maximum atomic E-state index is 12.6. The quantitative estimate of drug-likeness (QED) is 0.748. The highest BCUT2D eigenvalue weighted by Gasteiger charge is 2.17. The molecule has 3 rings (SSSR count). The van der Waals surface area contributed by atoms with Crippen LogP contribution in [0, 0.1) is 6.92 Å². The first-order valence-electron chi connectivity index (χ1n) is 7.50. The van der Waals surface area contributed by atoms with Crippen LogP contribution in [0.1, 0.15) is 35.8 Å². The molecule has 118 valence electrons. The summed E-state index contributed by atoms with van der Waals surface area (Å²) in [4.78, 5) is 16.9. The maximum Gasteiger partial charge on any atom is 0.258 e. The van der Waals surface area contributed by atoms with Crippen LogP contribution in [0.3, 0.4) is 0 Å². The van der Waals surface area contributed by atoms with Crippen LogP contribution in [-0.2, 0) is 0 Å². The third kappa shape index (κ3) is 3.08. The molecular formula is C18H18ClN3O. The summed E-state index contributed by atoms with van der Waals surface area (Å²) < 4.78 is 2.05. The van der Waals surface area contributed by atoms with E-state index in [1.54, 1.807) is 18.3 Å². The number of nitrogens with one attached hydrogen (secondary N) is 1. The van der Waals surface area contributed by atoms with Crippen molar-refractivity contribution in [3.05, 3.63) is 58.9 Å². The van der Waals surface area contributed by atoms with Crippen LogP contribution in [-0.4, -0.2) is 15.5 Å². The molecule has 4 nitrogen and oxygen atoms in total. The van der Waals surface area contributed by atoms with Gasteiger partial charge in [0.25, 0.3) is 5.91 Å². The number of rotatable bonds is 3. The van der Waals surface area contributed by atoms with Gasteiger partial charge in [-0.25, -0.2) is 4.98 Å². The molecular weight excluding hydrogens is 310 g/mol. The Morgan fingerprint density at radius 3 is 2.70 bits per heavy atom. The Labute approximate surface area is 140 Å². The number of anilines is 1. The molecule has 2 heterocycles. The number of aromatic nitrogens is 2. The molecule has 3 aromatic rings. The summed E-state index contributed by atoms with van der Waals surface area (Å²) in [5, 5.41) is 4.39.